The third-order valence-corrected chi connectivity index (χ3v) is 4.31. The quantitative estimate of drug-likeness (QED) is 0.505. The minimum absolute atomic E-state index is 0.171. The van der Waals surface area contributed by atoms with Gasteiger partial charge in [0.15, 0.2) is 0 Å². The number of pyridine rings is 1. The van der Waals surface area contributed by atoms with E-state index in [4.69, 9.17) is 4.42 Å². The minimum atomic E-state index is 0.171. The molecule has 0 fully saturated rings. The van der Waals surface area contributed by atoms with Gasteiger partial charge in [0.1, 0.15) is 24.7 Å². The number of furan rings is 1. The molecule has 0 bridgehead atoms. The van der Waals surface area contributed by atoms with Crippen molar-refractivity contribution in [3.05, 3.63) is 47.7 Å². The first-order valence-electron chi connectivity index (χ1n) is 7.47. The molecule has 0 saturated heterocycles. The number of aromatic nitrogens is 3. The molecule has 0 N–H and O–H groups in total. The molecule has 1 aliphatic rings. The Hall–Kier alpha value is -2.50. The van der Waals surface area contributed by atoms with Crippen molar-refractivity contribution in [3.63, 3.8) is 0 Å². The van der Waals surface area contributed by atoms with Gasteiger partial charge in [-0.1, -0.05) is 4.79 Å². The first kappa shape index (κ1) is 13.2. The molecule has 6 heteroatoms. The van der Waals surface area contributed by atoms with Gasteiger partial charge in [-0.2, -0.15) is 4.68 Å². The van der Waals surface area contributed by atoms with E-state index in [1.807, 2.05) is 32.3 Å². The van der Waals surface area contributed by atoms with Gasteiger partial charge in [0.25, 0.3) is 0 Å². The highest BCUT2D eigenvalue weighted by Crippen LogP contribution is 2.24. The van der Waals surface area contributed by atoms with Gasteiger partial charge < -0.3 is 4.42 Å². The molecule has 3 aromatic rings. The van der Waals surface area contributed by atoms with Crippen LogP contribution in [-0.2, 0) is 7.05 Å². The fourth-order valence-corrected chi connectivity index (χ4v) is 3.31. The topological polar surface area (TPSA) is 38.1 Å². The second kappa shape index (κ2) is 4.50. The van der Waals surface area contributed by atoms with Gasteiger partial charge in [0.2, 0.25) is 5.71 Å². The largest absolute Gasteiger partial charge is 0.439 e. The van der Waals surface area contributed by atoms with Crippen LogP contribution >= 0.6 is 0 Å². The smallest absolute Gasteiger partial charge is 0.437 e. The molecule has 4 rings (SSSR count). The van der Waals surface area contributed by atoms with Crippen LogP contribution in [0.3, 0.4) is 0 Å². The zero-order valence-corrected chi connectivity index (χ0v) is 13.2. The minimum Gasteiger partial charge on any atom is -0.439 e. The van der Waals surface area contributed by atoms with E-state index < -0.39 is 0 Å². The van der Waals surface area contributed by atoms with Gasteiger partial charge in [-0.15, -0.1) is 0 Å². The van der Waals surface area contributed by atoms with Crippen molar-refractivity contribution in [1.29, 1.82) is 0 Å². The highest BCUT2D eigenvalue weighted by molar-refractivity contribution is 6.78. The molecular weight excluding hydrogens is 275 g/mol. The monoisotopic (exact) mass is 293 g/mol. The van der Waals surface area contributed by atoms with Crippen LogP contribution in [0, 0.1) is 6.92 Å². The molecule has 0 saturated carbocycles. The summed E-state index contributed by atoms with van der Waals surface area (Å²) < 4.78 is 8.04. The Balaban J connectivity index is 1.94. The summed E-state index contributed by atoms with van der Waals surface area (Å²) in [5, 5.41) is 1.09. The van der Waals surface area contributed by atoms with E-state index in [-0.39, 0.29) is 6.85 Å². The Morgan fingerprint density at radius 3 is 2.82 bits per heavy atom. The Morgan fingerprint density at radius 1 is 1.27 bits per heavy atom. The van der Waals surface area contributed by atoms with Gasteiger partial charge in [0.05, 0.1) is 6.20 Å². The van der Waals surface area contributed by atoms with Crippen molar-refractivity contribution in [2.45, 2.75) is 20.7 Å². The zero-order valence-electron chi connectivity index (χ0n) is 13.2. The number of aryl methyl sites for hydroxylation is 2. The summed E-state index contributed by atoms with van der Waals surface area (Å²) in [4.78, 5) is 8.89. The first-order valence-corrected chi connectivity index (χ1v) is 7.47. The van der Waals surface area contributed by atoms with E-state index in [1.165, 1.54) is 5.46 Å². The summed E-state index contributed by atoms with van der Waals surface area (Å²) in [5.74, 6) is 0.921. The van der Waals surface area contributed by atoms with Crippen LogP contribution in [0.4, 0.5) is 0 Å². The molecule has 22 heavy (non-hydrogen) atoms. The molecule has 0 radical (unpaired) electrons. The molecular formula is C16H18BN4O+. The number of nitrogens with zero attached hydrogens (tertiary/aromatic N) is 4. The lowest BCUT2D eigenvalue weighted by Gasteiger charge is -2.26. The second-order valence-corrected chi connectivity index (χ2v) is 5.88. The van der Waals surface area contributed by atoms with E-state index in [2.05, 4.69) is 51.5 Å². The summed E-state index contributed by atoms with van der Waals surface area (Å²) in [6, 6.07) is 6.18. The van der Waals surface area contributed by atoms with E-state index >= 15 is 0 Å². The standard InChI is InChI=1S/C16H18BN4O/c1-11-6-7-13-15-14(22-16(13)18-11)10-12(2)21(17(15)3)20-9-5-8-19(20)4/h5-10H,1-4H3/q+1. The summed E-state index contributed by atoms with van der Waals surface area (Å²) in [7, 11) is 2.04. The average Bonchev–Trinajstić information content (AvgIpc) is 3.02. The van der Waals surface area contributed by atoms with E-state index in [0.717, 1.165) is 28.3 Å². The zero-order chi connectivity index (χ0) is 15.4. The van der Waals surface area contributed by atoms with Gasteiger partial charge in [-0.3, -0.25) is 0 Å². The predicted octanol–water partition coefficient (Wildman–Crippen LogP) is 1.60. The van der Waals surface area contributed by atoms with Crippen LogP contribution in [-0.4, -0.2) is 16.6 Å². The lowest BCUT2D eigenvalue weighted by atomic mass is 9.55. The molecule has 5 nitrogen and oxygen atoms in total. The summed E-state index contributed by atoms with van der Waals surface area (Å²) >= 11 is 0. The van der Waals surface area contributed by atoms with Gasteiger partial charge in [0, 0.05) is 28.7 Å². The highest BCUT2D eigenvalue weighted by Gasteiger charge is 2.40. The summed E-state index contributed by atoms with van der Waals surface area (Å²) in [5.41, 5.74) is 4.03. The molecule has 0 aliphatic carbocycles. The molecule has 4 heterocycles. The lowest BCUT2D eigenvalue weighted by Crippen LogP contribution is -2.60. The van der Waals surface area contributed by atoms with Crippen LogP contribution in [0.5, 0.6) is 0 Å². The molecule has 0 aromatic carbocycles. The number of hydrogen-bond acceptors (Lipinski definition) is 3. The number of hydrogen-bond donors (Lipinski definition) is 0. The third kappa shape index (κ3) is 1.73. The van der Waals surface area contributed by atoms with Crippen molar-refractivity contribution < 1.29 is 9.10 Å². The van der Waals surface area contributed by atoms with Crippen LogP contribution in [0.25, 0.3) is 17.2 Å². The molecule has 0 unspecified atom stereocenters. The molecule has 0 atom stereocenters. The van der Waals surface area contributed by atoms with Crippen LogP contribution in [0.1, 0.15) is 18.4 Å². The Bertz CT molecular complexity index is 908. The molecule has 0 spiro atoms. The van der Waals surface area contributed by atoms with E-state index in [0.29, 0.717) is 0 Å². The molecule has 0 amide bonds. The Kier molecular flexibility index (Phi) is 2.70. The van der Waals surface area contributed by atoms with E-state index in [1.54, 1.807) is 0 Å². The van der Waals surface area contributed by atoms with Crippen LogP contribution in [0.15, 0.2) is 40.7 Å². The molecule has 3 aromatic heterocycles. The Morgan fingerprint density at radius 2 is 2.09 bits per heavy atom. The van der Waals surface area contributed by atoms with Crippen LogP contribution in [0.2, 0.25) is 6.82 Å². The fourth-order valence-electron chi connectivity index (χ4n) is 3.31. The SMILES string of the molecule is CB1c2c(oc3nc(C)ccc23)C=C(C)N1n1ccc[n+]1C. The number of allylic oxidation sites excluding steroid dienone is 1. The van der Waals surface area contributed by atoms with Gasteiger partial charge in [-0.05, 0) is 32.8 Å². The molecule has 110 valence electrons. The second-order valence-electron chi connectivity index (χ2n) is 5.88. The van der Waals surface area contributed by atoms with Crippen molar-refractivity contribution in [2.75, 3.05) is 4.92 Å². The van der Waals surface area contributed by atoms with Gasteiger partial charge in [-0.25, -0.2) is 9.90 Å². The van der Waals surface area contributed by atoms with Crippen molar-refractivity contribution in [2.24, 2.45) is 7.05 Å². The fraction of sp³-hybridized carbons (Fsp3) is 0.250. The van der Waals surface area contributed by atoms with Crippen molar-refractivity contribution in [3.8, 4) is 0 Å². The van der Waals surface area contributed by atoms with Crippen molar-refractivity contribution in [1.82, 2.24) is 9.77 Å². The number of rotatable bonds is 1. The summed E-state index contributed by atoms with van der Waals surface area (Å²) in [6.45, 7) is 6.46. The van der Waals surface area contributed by atoms with Crippen molar-refractivity contribution >= 4 is 29.5 Å². The maximum absolute atomic E-state index is 5.98. The van der Waals surface area contributed by atoms with Crippen LogP contribution < -0.4 is 15.1 Å². The third-order valence-electron chi connectivity index (χ3n) is 4.31. The average molecular weight is 293 g/mol. The summed E-state index contributed by atoms with van der Waals surface area (Å²) in [6.07, 6.45) is 6.18. The highest BCUT2D eigenvalue weighted by atomic mass is 16.3. The maximum Gasteiger partial charge on any atom is 0.437 e. The number of fused-ring (bicyclic) bond motifs is 3. The Labute approximate surface area is 129 Å². The normalized spacial score (nSPS) is 14.5. The first-order chi connectivity index (χ1) is 10.6. The predicted molar refractivity (Wildman–Crippen MR) is 87.5 cm³/mol. The molecule has 1 aliphatic heterocycles. The lowest BCUT2D eigenvalue weighted by molar-refractivity contribution is -0.751. The van der Waals surface area contributed by atoms with E-state index in [9.17, 15) is 0 Å². The van der Waals surface area contributed by atoms with Gasteiger partial charge >= 0.3 is 6.85 Å². The maximum atomic E-state index is 5.98.